The van der Waals surface area contributed by atoms with E-state index in [-0.39, 0.29) is 11.9 Å². The molecule has 1 unspecified atom stereocenters. The summed E-state index contributed by atoms with van der Waals surface area (Å²) in [5.74, 6) is -0.0680. The first-order chi connectivity index (χ1) is 12.5. The number of fused-ring (bicyclic) bond motifs is 1. The van der Waals surface area contributed by atoms with Crippen LogP contribution in [0.1, 0.15) is 29.4 Å². The third-order valence-electron chi connectivity index (χ3n) is 4.56. The second-order valence-corrected chi connectivity index (χ2v) is 8.09. The Morgan fingerprint density at radius 1 is 1.27 bits per heavy atom. The van der Waals surface area contributed by atoms with E-state index < -0.39 is 0 Å². The standard InChI is InChI=1S/C19H16Br2N4O/c1-12-8-13(15-4-2-3-5-16(15)21)6-7-24(12)19(26)17-9-18-22-10-14(20)11-25(18)23-17/h2-6,9-12H,7-8H2,1H3. The van der Waals surface area contributed by atoms with Crippen LogP contribution in [0.3, 0.4) is 0 Å². The van der Waals surface area contributed by atoms with E-state index in [0.717, 1.165) is 15.4 Å². The molecule has 4 rings (SSSR count). The van der Waals surface area contributed by atoms with Gasteiger partial charge in [0.1, 0.15) is 0 Å². The Hall–Kier alpha value is -1.99. The molecule has 2 aromatic heterocycles. The average Bonchev–Trinajstić information content (AvgIpc) is 3.04. The van der Waals surface area contributed by atoms with Gasteiger partial charge in [0.15, 0.2) is 11.3 Å². The topological polar surface area (TPSA) is 50.5 Å². The Kier molecular flexibility index (Phi) is 4.67. The van der Waals surface area contributed by atoms with E-state index in [0.29, 0.717) is 17.9 Å². The van der Waals surface area contributed by atoms with Crippen molar-refractivity contribution in [3.05, 3.63) is 69.0 Å². The van der Waals surface area contributed by atoms with Gasteiger partial charge in [-0.3, -0.25) is 4.79 Å². The number of hydrogen-bond donors (Lipinski definition) is 0. The highest BCUT2D eigenvalue weighted by Crippen LogP contribution is 2.31. The minimum absolute atomic E-state index is 0.0680. The first-order valence-electron chi connectivity index (χ1n) is 8.29. The summed E-state index contributed by atoms with van der Waals surface area (Å²) in [5, 5.41) is 4.38. The molecule has 3 heterocycles. The summed E-state index contributed by atoms with van der Waals surface area (Å²) in [6.07, 6.45) is 6.43. The van der Waals surface area contributed by atoms with Crippen LogP contribution in [0, 0.1) is 0 Å². The molecule has 0 saturated heterocycles. The number of carbonyl (C=O) groups is 1. The number of rotatable bonds is 2. The average molecular weight is 476 g/mol. The van der Waals surface area contributed by atoms with Gasteiger partial charge in [0, 0.05) is 35.5 Å². The number of halogens is 2. The number of carbonyl (C=O) groups excluding carboxylic acids is 1. The van der Waals surface area contributed by atoms with Crippen LogP contribution in [-0.4, -0.2) is 38.0 Å². The van der Waals surface area contributed by atoms with Crippen LogP contribution in [-0.2, 0) is 0 Å². The summed E-state index contributed by atoms with van der Waals surface area (Å²) in [5.41, 5.74) is 3.52. The molecule has 0 aliphatic carbocycles. The summed E-state index contributed by atoms with van der Waals surface area (Å²) in [6.45, 7) is 2.65. The van der Waals surface area contributed by atoms with Crippen molar-refractivity contribution in [2.24, 2.45) is 0 Å². The van der Waals surface area contributed by atoms with Crippen molar-refractivity contribution in [1.29, 1.82) is 0 Å². The third-order valence-corrected chi connectivity index (χ3v) is 5.66. The Labute approximate surface area is 168 Å². The second-order valence-electron chi connectivity index (χ2n) is 6.32. The molecule has 0 bridgehead atoms. The molecular weight excluding hydrogens is 460 g/mol. The lowest BCUT2D eigenvalue weighted by Crippen LogP contribution is -2.41. The van der Waals surface area contributed by atoms with E-state index in [1.165, 1.54) is 11.1 Å². The maximum absolute atomic E-state index is 12.9. The van der Waals surface area contributed by atoms with Gasteiger partial charge >= 0.3 is 0 Å². The van der Waals surface area contributed by atoms with E-state index >= 15 is 0 Å². The second kappa shape index (κ2) is 6.96. The number of amides is 1. The molecule has 0 N–H and O–H groups in total. The lowest BCUT2D eigenvalue weighted by atomic mass is 9.94. The lowest BCUT2D eigenvalue weighted by Gasteiger charge is -2.33. The van der Waals surface area contributed by atoms with Crippen molar-refractivity contribution in [2.75, 3.05) is 6.54 Å². The summed E-state index contributed by atoms with van der Waals surface area (Å²) in [6, 6.07) is 10.0. The molecule has 26 heavy (non-hydrogen) atoms. The number of hydrogen-bond acceptors (Lipinski definition) is 3. The molecule has 0 radical (unpaired) electrons. The summed E-state index contributed by atoms with van der Waals surface area (Å²) in [4.78, 5) is 19.1. The van der Waals surface area contributed by atoms with Crippen LogP contribution in [0.5, 0.6) is 0 Å². The predicted molar refractivity (Wildman–Crippen MR) is 108 cm³/mol. The van der Waals surface area contributed by atoms with Gasteiger partial charge in [0.2, 0.25) is 0 Å². The molecule has 1 aliphatic heterocycles. The molecule has 1 aromatic carbocycles. The van der Waals surface area contributed by atoms with Crippen LogP contribution in [0.2, 0.25) is 0 Å². The fourth-order valence-electron chi connectivity index (χ4n) is 3.23. The molecule has 5 nitrogen and oxygen atoms in total. The van der Waals surface area contributed by atoms with Gasteiger partial charge in [-0.05, 0) is 46.5 Å². The summed E-state index contributed by atoms with van der Waals surface area (Å²) < 4.78 is 3.52. The molecule has 0 fully saturated rings. The van der Waals surface area contributed by atoms with Crippen LogP contribution in [0.4, 0.5) is 0 Å². The fourth-order valence-corrected chi connectivity index (χ4v) is 4.07. The number of aromatic nitrogens is 3. The van der Waals surface area contributed by atoms with E-state index in [9.17, 15) is 4.79 Å². The van der Waals surface area contributed by atoms with Crippen LogP contribution >= 0.6 is 31.9 Å². The van der Waals surface area contributed by atoms with Gasteiger partial charge in [-0.15, -0.1) is 0 Å². The molecule has 0 saturated carbocycles. The van der Waals surface area contributed by atoms with Gasteiger partial charge in [0.25, 0.3) is 5.91 Å². The van der Waals surface area contributed by atoms with Gasteiger partial charge in [-0.1, -0.05) is 40.2 Å². The Morgan fingerprint density at radius 2 is 2.08 bits per heavy atom. The SMILES string of the molecule is CC1CC(c2ccccc2Br)=CCN1C(=O)c1cc2ncc(Br)cn2n1. The van der Waals surface area contributed by atoms with Crippen LogP contribution in [0.15, 0.2) is 57.7 Å². The van der Waals surface area contributed by atoms with Gasteiger partial charge < -0.3 is 4.90 Å². The van der Waals surface area contributed by atoms with E-state index in [1.807, 2.05) is 23.1 Å². The fraction of sp³-hybridized carbons (Fsp3) is 0.211. The highest BCUT2D eigenvalue weighted by atomic mass is 79.9. The van der Waals surface area contributed by atoms with Crippen molar-refractivity contribution >= 4 is 49.0 Å². The van der Waals surface area contributed by atoms with Gasteiger partial charge in [-0.2, -0.15) is 5.10 Å². The largest absolute Gasteiger partial charge is 0.330 e. The molecule has 1 amide bonds. The van der Waals surface area contributed by atoms with Gasteiger partial charge in [-0.25, -0.2) is 9.50 Å². The van der Waals surface area contributed by atoms with E-state index in [1.54, 1.807) is 23.0 Å². The first-order valence-corrected chi connectivity index (χ1v) is 9.87. The van der Waals surface area contributed by atoms with Crippen molar-refractivity contribution in [3.8, 4) is 0 Å². The molecule has 1 aliphatic rings. The molecule has 1 atom stereocenters. The highest BCUT2D eigenvalue weighted by molar-refractivity contribution is 9.10. The van der Waals surface area contributed by atoms with Gasteiger partial charge in [0.05, 0.1) is 4.47 Å². The molecule has 132 valence electrons. The molecular formula is C19H16Br2N4O. The highest BCUT2D eigenvalue weighted by Gasteiger charge is 2.27. The predicted octanol–water partition coefficient (Wildman–Crippen LogP) is 4.57. The van der Waals surface area contributed by atoms with Crippen molar-refractivity contribution < 1.29 is 4.79 Å². The number of benzene rings is 1. The van der Waals surface area contributed by atoms with Crippen molar-refractivity contribution in [1.82, 2.24) is 19.5 Å². The lowest BCUT2D eigenvalue weighted by molar-refractivity contribution is 0.0705. The quantitative estimate of drug-likeness (QED) is 0.545. The molecule has 3 aromatic rings. The summed E-state index contributed by atoms with van der Waals surface area (Å²) in [7, 11) is 0. The Bertz CT molecular complexity index is 1030. The number of nitrogens with zero attached hydrogens (tertiary/aromatic N) is 4. The Morgan fingerprint density at radius 3 is 2.85 bits per heavy atom. The zero-order valence-electron chi connectivity index (χ0n) is 14.1. The minimum atomic E-state index is -0.0680. The van der Waals surface area contributed by atoms with Crippen LogP contribution < -0.4 is 0 Å². The minimum Gasteiger partial charge on any atom is -0.330 e. The maximum atomic E-state index is 12.9. The maximum Gasteiger partial charge on any atom is 0.274 e. The van der Waals surface area contributed by atoms with Crippen LogP contribution in [0.25, 0.3) is 11.2 Å². The Balaban J connectivity index is 1.60. The first kappa shape index (κ1) is 17.4. The van der Waals surface area contributed by atoms with Crippen molar-refractivity contribution in [2.45, 2.75) is 19.4 Å². The monoisotopic (exact) mass is 474 g/mol. The smallest absolute Gasteiger partial charge is 0.274 e. The van der Waals surface area contributed by atoms with Crippen molar-refractivity contribution in [3.63, 3.8) is 0 Å². The zero-order valence-corrected chi connectivity index (χ0v) is 17.2. The summed E-state index contributed by atoms with van der Waals surface area (Å²) >= 11 is 6.98. The van der Waals surface area contributed by atoms with E-state index in [2.05, 4.69) is 61.0 Å². The van der Waals surface area contributed by atoms with E-state index in [4.69, 9.17) is 0 Å². The normalized spacial score (nSPS) is 17.4. The molecule has 0 spiro atoms. The molecule has 7 heteroatoms. The zero-order chi connectivity index (χ0) is 18.3. The third kappa shape index (κ3) is 3.21.